The molecule has 0 saturated heterocycles. The summed E-state index contributed by atoms with van der Waals surface area (Å²) in [4.78, 5) is 18.1. The van der Waals surface area contributed by atoms with E-state index in [2.05, 4.69) is 10.3 Å². The summed E-state index contributed by atoms with van der Waals surface area (Å²) in [6.45, 7) is 3.56. The van der Waals surface area contributed by atoms with E-state index in [1.807, 2.05) is 14.0 Å². The molecule has 1 heterocycles. The monoisotopic (exact) mass is 267 g/mol. The number of nitrogens with one attached hydrogen (secondary N) is 1. The Morgan fingerprint density at radius 2 is 2.33 bits per heavy atom. The molecule has 5 heteroatoms. The van der Waals surface area contributed by atoms with Gasteiger partial charge in [0.15, 0.2) is 0 Å². The standard InChI is InChI=1S/C13H18ClN3O/c1-3-15-12-6-10(11(14)7-16-12)13(18)17(2)8-9-4-5-9/h6-7,9H,3-5,8H2,1-2H3,(H,15,16). The summed E-state index contributed by atoms with van der Waals surface area (Å²) in [6, 6.07) is 1.72. The summed E-state index contributed by atoms with van der Waals surface area (Å²) < 4.78 is 0. The van der Waals surface area contributed by atoms with E-state index in [0.29, 0.717) is 22.3 Å². The zero-order chi connectivity index (χ0) is 13.1. The van der Waals surface area contributed by atoms with Crippen LogP contribution in [0.2, 0.25) is 5.02 Å². The molecule has 1 aromatic rings. The molecule has 0 spiro atoms. The van der Waals surface area contributed by atoms with Gasteiger partial charge in [0.1, 0.15) is 5.82 Å². The first-order valence-electron chi connectivity index (χ1n) is 6.26. The van der Waals surface area contributed by atoms with Crippen LogP contribution < -0.4 is 5.32 Å². The molecule has 18 heavy (non-hydrogen) atoms. The second-order valence-electron chi connectivity index (χ2n) is 4.71. The molecule has 1 saturated carbocycles. The van der Waals surface area contributed by atoms with E-state index in [9.17, 15) is 4.79 Å². The summed E-state index contributed by atoms with van der Waals surface area (Å²) >= 11 is 6.05. The first-order valence-corrected chi connectivity index (χ1v) is 6.64. The molecule has 0 atom stereocenters. The van der Waals surface area contributed by atoms with Gasteiger partial charge in [-0.05, 0) is 31.7 Å². The molecule has 1 amide bonds. The van der Waals surface area contributed by atoms with Crippen molar-refractivity contribution in [1.82, 2.24) is 9.88 Å². The fourth-order valence-electron chi connectivity index (χ4n) is 1.86. The first kappa shape index (κ1) is 13.1. The number of aromatic nitrogens is 1. The molecule has 0 aliphatic heterocycles. The van der Waals surface area contributed by atoms with Crippen LogP contribution in [0.25, 0.3) is 0 Å². The van der Waals surface area contributed by atoms with Gasteiger partial charge in [0.25, 0.3) is 5.91 Å². The van der Waals surface area contributed by atoms with Crippen LogP contribution in [0.1, 0.15) is 30.1 Å². The Morgan fingerprint density at radius 1 is 1.61 bits per heavy atom. The Balaban J connectivity index is 2.13. The number of hydrogen-bond acceptors (Lipinski definition) is 3. The number of anilines is 1. The molecule has 1 aliphatic carbocycles. The average Bonchev–Trinajstić information content (AvgIpc) is 3.15. The van der Waals surface area contributed by atoms with Crippen molar-refractivity contribution in [2.45, 2.75) is 19.8 Å². The normalized spacial score (nSPS) is 14.4. The van der Waals surface area contributed by atoms with Crippen LogP contribution in [0, 0.1) is 5.92 Å². The van der Waals surface area contributed by atoms with E-state index in [1.165, 1.54) is 19.0 Å². The molecule has 1 aromatic heterocycles. The maximum Gasteiger partial charge on any atom is 0.255 e. The summed E-state index contributed by atoms with van der Waals surface area (Å²) in [5.41, 5.74) is 0.519. The number of rotatable bonds is 5. The van der Waals surface area contributed by atoms with E-state index in [0.717, 1.165) is 13.1 Å². The van der Waals surface area contributed by atoms with Gasteiger partial charge in [0.2, 0.25) is 0 Å². The minimum Gasteiger partial charge on any atom is -0.370 e. The average molecular weight is 268 g/mol. The number of carbonyl (C=O) groups is 1. The number of hydrogen-bond donors (Lipinski definition) is 1. The second-order valence-corrected chi connectivity index (χ2v) is 5.12. The first-order chi connectivity index (χ1) is 8.61. The quantitative estimate of drug-likeness (QED) is 0.892. The van der Waals surface area contributed by atoms with Crippen LogP contribution in [0.5, 0.6) is 0 Å². The van der Waals surface area contributed by atoms with Crippen molar-refractivity contribution >= 4 is 23.3 Å². The molecule has 0 bridgehead atoms. The topological polar surface area (TPSA) is 45.2 Å². The SMILES string of the molecule is CCNc1cc(C(=O)N(C)CC2CC2)c(Cl)cn1. The Kier molecular flexibility index (Phi) is 4.07. The number of amides is 1. The van der Waals surface area contributed by atoms with Crippen molar-refractivity contribution < 1.29 is 4.79 Å². The predicted molar refractivity (Wildman–Crippen MR) is 73.1 cm³/mol. The fourth-order valence-corrected chi connectivity index (χ4v) is 2.04. The van der Waals surface area contributed by atoms with Crippen LogP contribution in [0.3, 0.4) is 0 Å². The van der Waals surface area contributed by atoms with E-state index >= 15 is 0 Å². The number of pyridine rings is 1. The highest BCUT2D eigenvalue weighted by Gasteiger charge is 2.26. The van der Waals surface area contributed by atoms with Gasteiger partial charge in [-0.2, -0.15) is 0 Å². The highest BCUT2D eigenvalue weighted by molar-refractivity contribution is 6.33. The molecule has 98 valence electrons. The van der Waals surface area contributed by atoms with Crippen molar-refractivity contribution in [3.63, 3.8) is 0 Å². The maximum atomic E-state index is 12.3. The maximum absolute atomic E-state index is 12.3. The molecule has 0 radical (unpaired) electrons. The highest BCUT2D eigenvalue weighted by atomic mass is 35.5. The lowest BCUT2D eigenvalue weighted by Crippen LogP contribution is -2.29. The van der Waals surface area contributed by atoms with Crippen molar-refractivity contribution in [2.75, 3.05) is 25.5 Å². The zero-order valence-corrected chi connectivity index (χ0v) is 11.5. The molecular formula is C13H18ClN3O. The lowest BCUT2D eigenvalue weighted by atomic mass is 10.2. The fraction of sp³-hybridized carbons (Fsp3) is 0.538. The third kappa shape index (κ3) is 3.13. The van der Waals surface area contributed by atoms with Crippen LogP contribution >= 0.6 is 11.6 Å². The van der Waals surface area contributed by atoms with E-state index < -0.39 is 0 Å². The molecule has 2 rings (SSSR count). The van der Waals surface area contributed by atoms with Crippen LogP contribution in [0.15, 0.2) is 12.3 Å². The number of carbonyl (C=O) groups excluding carboxylic acids is 1. The lowest BCUT2D eigenvalue weighted by molar-refractivity contribution is 0.0789. The Hall–Kier alpha value is -1.29. The van der Waals surface area contributed by atoms with Gasteiger partial charge in [-0.25, -0.2) is 4.98 Å². The van der Waals surface area contributed by atoms with Crippen LogP contribution in [0.4, 0.5) is 5.82 Å². The van der Waals surface area contributed by atoms with Crippen molar-refractivity contribution in [1.29, 1.82) is 0 Å². The second kappa shape index (κ2) is 5.57. The molecule has 4 nitrogen and oxygen atoms in total. The van der Waals surface area contributed by atoms with Gasteiger partial charge in [-0.1, -0.05) is 11.6 Å². The largest absolute Gasteiger partial charge is 0.370 e. The van der Waals surface area contributed by atoms with Crippen molar-refractivity contribution in [2.24, 2.45) is 5.92 Å². The van der Waals surface area contributed by atoms with Gasteiger partial charge in [-0.3, -0.25) is 4.79 Å². The van der Waals surface area contributed by atoms with E-state index in [1.54, 1.807) is 11.0 Å². The van der Waals surface area contributed by atoms with Gasteiger partial charge in [0.05, 0.1) is 10.6 Å². The minimum atomic E-state index is -0.0338. The number of nitrogens with zero attached hydrogens (tertiary/aromatic N) is 2. The Morgan fingerprint density at radius 3 is 2.94 bits per heavy atom. The molecule has 1 N–H and O–H groups in total. The van der Waals surface area contributed by atoms with Gasteiger partial charge in [-0.15, -0.1) is 0 Å². The van der Waals surface area contributed by atoms with Gasteiger partial charge in [0, 0.05) is 26.3 Å². The zero-order valence-electron chi connectivity index (χ0n) is 10.7. The van der Waals surface area contributed by atoms with E-state index in [4.69, 9.17) is 11.6 Å². The summed E-state index contributed by atoms with van der Waals surface area (Å²) in [5, 5.41) is 3.49. The van der Waals surface area contributed by atoms with Gasteiger partial charge < -0.3 is 10.2 Å². The van der Waals surface area contributed by atoms with Crippen LogP contribution in [-0.2, 0) is 0 Å². The highest BCUT2D eigenvalue weighted by Crippen LogP contribution is 2.30. The minimum absolute atomic E-state index is 0.0338. The smallest absolute Gasteiger partial charge is 0.255 e. The lowest BCUT2D eigenvalue weighted by Gasteiger charge is -2.18. The molecule has 0 aromatic carbocycles. The van der Waals surface area contributed by atoms with Gasteiger partial charge >= 0.3 is 0 Å². The third-order valence-corrected chi connectivity index (χ3v) is 3.32. The summed E-state index contributed by atoms with van der Waals surface area (Å²) in [7, 11) is 1.82. The summed E-state index contributed by atoms with van der Waals surface area (Å²) in [6.07, 6.45) is 3.98. The Labute approximate surface area is 112 Å². The Bertz CT molecular complexity index is 446. The molecular weight excluding hydrogens is 250 g/mol. The predicted octanol–water partition coefficient (Wildman–Crippen LogP) is 2.65. The number of halogens is 1. The molecule has 0 unspecified atom stereocenters. The third-order valence-electron chi connectivity index (χ3n) is 3.02. The van der Waals surface area contributed by atoms with Crippen molar-refractivity contribution in [3.05, 3.63) is 22.8 Å². The summed E-state index contributed by atoms with van der Waals surface area (Å²) in [5.74, 6) is 1.33. The molecule has 1 fully saturated rings. The van der Waals surface area contributed by atoms with E-state index in [-0.39, 0.29) is 5.91 Å². The van der Waals surface area contributed by atoms with Crippen molar-refractivity contribution in [3.8, 4) is 0 Å². The van der Waals surface area contributed by atoms with Crippen LogP contribution in [-0.4, -0.2) is 35.9 Å². The molecule has 1 aliphatic rings.